The summed E-state index contributed by atoms with van der Waals surface area (Å²) in [4.78, 5) is 13.9. The summed E-state index contributed by atoms with van der Waals surface area (Å²) >= 11 is 5.00. The summed E-state index contributed by atoms with van der Waals surface area (Å²) in [6.07, 6.45) is 1.02. The first-order valence-electron chi connectivity index (χ1n) is 4.62. The quantitative estimate of drug-likeness (QED) is 0.842. The van der Waals surface area contributed by atoms with Crippen molar-refractivity contribution < 1.29 is 4.79 Å². The van der Waals surface area contributed by atoms with E-state index in [-0.39, 0.29) is 5.91 Å². The van der Waals surface area contributed by atoms with E-state index >= 15 is 0 Å². The maximum absolute atomic E-state index is 11.6. The summed E-state index contributed by atoms with van der Waals surface area (Å²) in [7, 11) is 0. The Hall–Kier alpha value is -0.350. The van der Waals surface area contributed by atoms with Gasteiger partial charge in [0.15, 0.2) is 0 Å². The van der Waals surface area contributed by atoms with E-state index in [1.165, 1.54) is 16.2 Å². The fourth-order valence-corrected chi connectivity index (χ4v) is 1.94. The summed E-state index contributed by atoms with van der Waals surface area (Å²) in [5.41, 5.74) is 0. The summed E-state index contributed by atoms with van der Waals surface area (Å²) in [5.74, 6) is 0.0287. The summed E-state index contributed by atoms with van der Waals surface area (Å²) in [5, 5.41) is 2.89. The van der Waals surface area contributed by atoms with Crippen molar-refractivity contribution in [2.24, 2.45) is 0 Å². The van der Waals surface area contributed by atoms with Gasteiger partial charge in [0.1, 0.15) is 0 Å². The van der Waals surface area contributed by atoms with E-state index in [1.807, 2.05) is 19.1 Å². The van der Waals surface area contributed by atoms with Crippen molar-refractivity contribution in [3.63, 3.8) is 0 Å². The van der Waals surface area contributed by atoms with Gasteiger partial charge >= 0.3 is 0 Å². The second-order valence-electron chi connectivity index (χ2n) is 3.13. The molecule has 0 aromatic carbocycles. The number of carbonyl (C=O) groups is 1. The Morgan fingerprint density at radius 2 is 2.36 bits per heavy atom. The van der Waals surface area contributed by atoms with Gasteiger partial charge < -0.3 is 5.32 Å². The molecule has 1 aromatic heterocycles. The van der Waals surface area contributed by atoms with Crippen molar-refractivity contribution in [2.45, 2.75) is 25.1 Å². The molecule has 1 amide bonds. The number of alkyl halides is 1. The molecule has 1 atom stereocenters. The maximum atomic E-state index is 11.6. The lowest BCUT2D eigenvalue weighted by atomic mass is 10.3. The molecule has 1 aromatic rings. The van der Waals surface area contributed by atoms with Crippen LogP contribution in [0.4, 0.5) is 0 Å². The fraction of sp³-hybridized carbons (Fsp3) is 0.500. The molecule has 0 spiro atoms. The zero-order chi connectivity index (χ0) is 10.6. The number of hydrogen-bond acceptors (Lipinski definition) is 2. The van der Waals surface area contributed by atoms with Crippen molar-refractivity contribution in [2.75, 3.05) is 6.54 Å². The standard InChI is InChI=1S/C10H14BrNOS/c1-3-8(11)6-12-10(13)9-5-4-7(2)14-9/h4-5,8H,3,6H2,1-2H3,(H,12,13). The van der Waals surface area contributed by atoms with E-state index in [2.05, 4.69) is 28.2 Å². The number of nitrogens with one attached hydrogen (secondary N) is 1. The van der Waals surface area contributed by atoms with Crippen LogP contribution in [0, 0.1) is 6.92 Å². The van der Waals surface area contributed by atoms with Crippen molar-refractivity contribution in [3.8, 4) is 0 Å². The number of carbonyl (C=O) groups excluding carboxylic acids is 1. The first kappa shape index (κ1) is 11.7. The van der Waals surface area contributed by atoms with Crippen LogP contribution in [-0.4, -0.2) is 17.3 Å². The number of halogens is 1. The molecule has 14 heavy (non-hydrogen) atoms. The smallest absolute Gasteiger partial charge is 0.261 e. The van der Waals surface area contributed by atoms with Crippen LogP contribution < -0.4 is 5.32 Å². The van der Waals surface area contributed by atoms with E-state index in [4.69, 9.17) is 0 Å². The lowest BCUT2D eigenvalue weighted by Gasteiger charge is -2.07. The molecule has 0 bridgehead atoms. The normalized spacial score (nSPS) is 12.5. The summed E-state index contributed by atoms with van der Waals surface area (Å²) < 4.78 is 0. The molecule has 4 heteroatoms. The van der Waals surface area contributed by atoms with Gasteiger partial charge in [0.2, 0.25) is 0 Å². The minimum Gasteiger partial charge on any atom is -0.350 e. The van der Waals surface area contributed by atoms with Crippen LogP contribution in [0.15, 0.2) is 12.1 Å². The van der Waals surface area contributed by atoms with Gasteiger partial charge in [-0.25, -0.2) is 0 Å². The second kappa shape index (κ2) is 5.51. The van der Waals surface area contributed by atoms with Gasteiger partial charge in [-0.15, -0.1) is 11.3 Å². The average Bonchev–Trinajstić information content (AvgIpc) is 2.60. The minimum atomic E-state index is 0.0287. The maximum Gasteiger partial charge on any atom is 0.261 e. The largest absolute Gasteiger partial charge is 0.350 e. The van der Waals surface area contributed by atoms with Gasteiger partial charge in [-0.2, -0.15) is 0 Å². The van der Waals surface area contributed by atoms with Crippen molar-refractivity contribution in [1.29, 1.82) is 0 Å². The number of hydrogen-bond donors (Lipinski definition) is 1. The highest BCUT2D eigenvalue weighted by Gasteiger charge is 2.08. The molecule has 78 valence electrons. The highest BCUT2D eigenvalue weighted by atomic mass is 79.9. The van der Waals surface area contributed by atoms with Crippen LogP contribution in [-0.2, 0) is 0 Å². The highest BCUT2D eigenvalue weighted by Crippen LogP contribution is 2.14. The third kappa shape index (κ3) is 3.42. The molecule has 0 saturated carbocycles. The highest BCUT2D eigenvalue weighted by molar-refractivity contribution is 9.09. The molecule has 1 unspecified atom stereocenters. The van der Waals surface area contributed by atoms with Crippen molar-refractivity contribution in [1.82, 2.24) is 5.32 Å². The Morgan fingerprint density at radius 1 is 1.64 bits per heavy atom. The Balaban J connectivity index is 2.43. The predicted octanol–water partition coefficient (Wildman–Crippen LogP) is 2.96. The lowest BCUT2D eigenvalue weighted by molar-refractivity contribution is 0.0958. The third-order valence-electron chi connectivity index (χ3n) is 1.89. The molecular weight excluding hydrogens is 262 g/mol. The first-order valence-corrected chi connectivity index (χ1v) is 6.35. The van der Waals surface area contributed by atoms with Crippen LogP contribution >= 0.6 is 27.3 Å². The molecule has 0 saturated heterocycles. The predicted molar refractivity (Wildman–Crippen MR) is 64.4 cm³/mol. The zero-order valence-electron chi connectivity index (χ0n) is 8.34. The average molecular weight is 276 g/mol. The molecule has 1 N–H and O–H groups in total. The van der Waals surface area contributed by atoms with Crippen LogP contribution in [0.5, 0.6) is 0 Å². The van der Waals surface area contributed by atoms with Crippen LogP contribution in [0.3, 0.4) is 0 Å². The lowest BCUT2D eigenvalue weighted by Crippen LogP contribution is -2.28. The van der Waals surface area contributed by atoms with Gasteiger partial charge in [-0.1, -0.05) is 22.9 Å². The topological polar surface area (TPSA) is 29.1 Å². The molecule has 0 radical (unpaired) electrons. The van der Waals surface area contributed by atoms with Gasteiger partial charge in [0, 0.05) is 16.2 Å². The SMILES string of the molecule is CCC(Br)CNC(=O)c1ccc(C)s1. The fourth-order valence-electron chi connectivity index (χ4n) is 0.991. The molecule has 1 heterocycles. The van der Waals surface area contributed by atoms with E-state index in [0.717, 1.165) is 11.3 Å². The third-order valence-corrected chi connectivity index (χ3v) is 3.86. The Labute approximate surface area is 96.8 Å². The van der Waals surface area contributed by atoms with Gasteiger partial charge in [0.25, 0.3) is 5.91 Å². The molecule has 0 aliphatic heterocycles. The van der Waals surface area contributed by atoms with Crippen LogP contribution in [0.2, 0.25) is 0 Å². The summed E-state index contributed by atoms with van der Waals surface area (Å²) in [6.45, 7) is 4.77. The number of aryl methyl sites for hydroxylation is 1. The van der Waals surface area contributed by atoms with Crippen LogP contribution in [0.25, 0.3) is 0 Å². The number of rotatable bonds is 4. The zero-order valence-corrected chi connectivity index (χ0v) is 10.7. The van der Waals surface area contributed by atoms with E-state index in [1.54, 1.807) is 0 Å². The Bertz CT molecular complexity index is 311. The van der Waals surface area contributed by atoms with Crippen molar-refractivity contribution >= 4 is 33.2 Å². The van der Waals surface area contributed by atoms with E-state index in [0.29, 0.717) is 11.4 Å². The molecule has 1 rings (SSSR count). The second-order valence-corrected chi connectivity index (χ2v) is 5.71. The number of thiophene rings is 1. The Morgan fingerprint density at radius 3 is 2.86 bits per heavy atom. The minimum absolute atomic E-state index is 0.0287. The van der Waals surface area contributed by atoms with Gasteiger partial charge in [0.05, 0.1) is 4.88 Å². The monoisotopic (exact) mass is 275 g/mol. The Kier molecular flexibility index (Phi) is 4.62. The van der Waals surface area contributed by atoms with E-state index < -0.39 is 0 Å². The van der Waals surface area contributed by atoms with Crippen molar-refractivity contribution in [3.05, 3.63) is 21.9 Å². The molecular formula is C10H14BrNOS. The van der Waals surface area contributed by atoms with Gasteiger partial charge in [-0.05, 0) is 25.5 Å². The molecule has 2 nitrogen and oxygen atoms in total. The van der Waals surface area contributed by atoms with E-state index in [9.17, 15) is 4.79 Å². The first-order chi connectivity index (χ1) is 6.63. The molecule has 0 aliphatic rings. The molecule has 0 fully saturated rings. The van der Waals surface area contributed by atoms with Gasteiger partial charge in [-0.3, -0.25) is 4.79 Å². The summed E-state index contributed by atoms with van der Waals surface area (Å²) in [6, 6.07) is 3.83. The number of amides is 1. The van der Waals surface area contributed by atoms with Crippen LogP contribution in [0.1, 0.15) is 27.9 Å². The molecule has 0 aliphatic carbocycles.